The lowest BCUT2D eigenvalue weighted by Gasteiger charge is -2.17. The second kappa shape index (κ2) is 3.61. The third-order valence-electron chi connectivity index (χ3n) is 2.56. The van der Waals surface area contributed by atoms with Crippen molar-refractivity contribution in [3.05, 3.63) is 16.1 Å². The van der Waals surface area contributed by atoms with Crippen molar-refractivity contribution in [1.82, 2.24) is 9.88 Å². The van der Waals surface area contributed by atoms with Crippen molar-refractivity contribution in [2.24, 2.45) is 0 Å². The van der Waals surface area contributed by atoms with Gasteiger partial charge in [-0.15, -0.1) is 11.3 Å². The number of likely N-dealkylation sites (tertiary alicyclic amines) is 1. The van der Waals surface area contributed by atoms with E-state index in [-0.39, 0.29) is 0 Å². The fourth-order valence-corrected chi connectivity index (χ4v) is 2.65. The first kappa shape index (κ1) is 10.1. The highest BCUT2D eigenvalue weighted by molar-refractivity contribution is 7.09. The highest BCUT2D eigenvalue weighted by atomic mass is 32.1. The monoisotopic (exact) mass is 212 g/mol. The number of β-amino-alcohol motifs (C(OH)–C–C–N with tert-alkyl or cyclic N) is 1. The van der Waals surface area contributed by atoms with Crippen LogP contribution in [0.5, 0.6) is 0 Å². The van der Waals surface area contributed by atoms with Gasteiger partial charge in [0.1, 0.15) is 5.01 Å². The number of hydrogen-bond donors (Lipinski definition) is 1. The van der Waals surface area contributed by atoms with Crippen molar-refractivity contribution in [3.63, 3.8) is 0 Å². The average molecular weight is 212 g/mol. The summed E-state index contributed by atoms with van der Waals surface area (Å²) >= 11 is 1.70. The zero-order valence-electron chi connectivity index (χ0n) is 8.66. The van der Waals surface area contributed by atoms with Crippen molar-refractivity contribution >= 4 is 11.3 Å². The molecule has 0 spiro atoms. The van der Waals surface area contributed by atoms with Crippen LogP contribution in [-0.2, 0) is 6.54 Å². The van der Waals surface area contributed by atoms with Crippen LogP contribution in [-0.4, -0.2) is 33.7 Å². The van der Waals surface area contributed by atoms with E-state index in [1.165, 1.54) is 0 Å². The van der Waals surface area contributed by atoms with Gasteiger partial charge in [-0.05, 0) is 20.3 Å². The minimum absolute atomic E-state index is 0.494. The number of aliphatic hydroxyl groups is 1. The molecule has 1 aliphatic heterocycles. The molecule has 1 N–H and O–H groups in total. The highest BCUT2D eigenvalue weighted by Crippen LogP contribution is 2.22. The van der Waals surface area contributed by atoms with Crippen LogP contribution in [0.4, 0.5) is 0 Å². The Bertz CT molecular complexity index is 322. The summed E-state index contributed by atoms with van der Waals surface area (Å²) in [5, 5.41) is 13.0. The Labute approximate surface area is 88.4 Å². The molecular weight excluding hydrogens is 196 g/mol. The van der Waals surface area contributed by atoms with E-state index in [0.717, 1.165) is 36.8 Å². The first-order valence-corrected chi connectivity index (χ1v) is 5.79. The Morgan fingerprint density at radius 2 is 2.50 bits per heavy atom. The largest absolute Gasteiger partial charge is 0.389 e. The Kier molecular flexibility index (Phi) is 2.60. The minimum Gasteiger partial charge on any atom is -0.389 e. The molecule has 0 radical (unpaired) electrons. The van der Waals surface area contributed by atoms with Gasteiger partial charge in [0.05, 0.1) is 12.1 Å². The molecule has 2 heterocycles. The summed E-state index contributed by atoms with van der Waals surface area (Å²) in [6.45, 7) is 6.55. The Hall–Kier alpha value is -0.450. The molecule has 1 unspecified atom stereocenters. The summed E-state index contributed by atoms with van der Waals surface area (Å²) in [5.74, 6) is 0. The standard InChI is InChI=1S/C10H16N2OS/c1-8-6-14-9(11-8)5-12-4-3-10(2,13)7-12/h6,13H,3-5,7H2,1-2H3. The molecule has 1 aliphatic rings. The van der Waals surface area contributed by atoms with E-state index in [4.69, 9.17) is 0 Å². The molecule has 0 saturated carbocycles. The van der Waals surface area contributed by atoms with Crippen LogP contribution in [0.3, 0.4) is 0 Å². The number of aromatic nitrogens is 1. The van der Waals surface area contributed by atoms with Gasteiger partial charge < -0.3 is 5.11 Å². The van der Waals surface area contributed by atoms with Crippen LogP contribution in [0.15, 0.2) is 5.38 Å². The van der Waals surface area contributed by atoms with E-state index >= 15 is 0 Å². The van der Waals surface area contributed by atoms with E-state index < -0.39 is 5.60 Å². The summed E-state index contributed by atoms with van der Waals surface area (Å²) in [6, 6.07) is 0. The quantitative estimate of drug-likeness (QED) is 0.805. The molecule has 1 saturated heterocycles. The van der Waals surface area contributed by atoms with Crippen LogP contribution < -0.4 is 0 Å². The maximum atomic E-state index is 9.79. The zero-order chi connectivity index (χ0) is 10.2. The van der Waals surface area contributed by atoms with Crippen LogP contribution >= 0.6 is 11.3 Å². The van der Waals surface area contributed by atoms with Gasteiger partial charge in [-0.2, -0.15) is 0 Å². The molecule has 0 aromatic carbocycles. The first-order valence-electron chi connectivity index (χ1n) is 4.91. The van der Waals surface area contributed by atoms with E-state index in [0.29, 0.717) is 0 Å². The topological polar surface area (TPSA) is 36.4 Å². The summed E-state index contributed by atoms with van der Waals surface area (Å²) in [6.07, 6.45) is 0.872. The average Bonchev–Trinajstić information content (AvgIpc) is 2.59. The minimum atomic E-state index is -0.494. The van der Waals surface area contributed by atoms with Gasteiger partial charge in [-0.1, -0.05) is 0 Å². The summed E-state index contributed by atoms with van der Waals surface area (Å²) < 4.78 is 0. The van der Waals surface area contributed by atoms with Gasteiger partial charge in [0.15, 0.2) is 0 Å². The van der Waals surface area contributed by atoms with Crippen LogP contribution in [0, 0.1) is 6.92 Å². The molecule has 78 valence electrons. The third kappa shape index (κ3) is 2.32. The van der Waals surface area contributed by atoms with Gasteiger partial charge >= 0.3 is 0 Å². The molecule has 3 nitrogen and oxygen atoms in total. The first-order chi connectivity index (χ1) is 6.55. The lowest BCUT2D eigenvalue weighted by Crippen LogP contribution is -2.29. The van der Waals surface area contributed by atoms with Crippen molar-refractivity contribution in [2.45, 2.75) is 32.4 Å². The molecule has 1 aromatic rings. The van der Waals surface area contributed by atoms with Crippen LogP contribution in [0.1, 0.15) is 24.0 Å². The zero-order valence-corrected chi connectivity index (χ0v) is 9.47. The molecule has 14 heavy (non-hydrogen) atoms. The SMILES string of the molecule is Cc1csc(CN2CCC(C)(O)C2)n1. The molecule has 0 aliphatic carbocycles. The summed E-state index contributed by atoms with van der Waals surface area (Å²) in [7, 11) is 0. The van der Waals surface area contributed by atoms with Crippen LogP contribution in [0.25, 0.3) is 0 Å². The predicted molar refractivity (Wildman–Crippen MR) is 57.4 cm³/mol. The fraction of sp³-hybridized carbons (Fsp3) is 0.700. The third-order valence-corrected chi connectivity index (χ3v) is 3.51. The van der Waals surface area contributed by atoms with Gasteiger partial charge in [0.2, 0.25) is 0 Å². The fourth-order valence-electron chi connectivity index (χ4n) is 1.84. The Morgan fingerprint density at radius 3 is 3.00 bits per heavy atom. The van der Waals surface area contributed by atoms with Crippen LogP contribution in [0.2, 0.25) is 0 Å². The second-order valence-electron chi connectivity index (χ2n) is 4.34. The summed E-state index contributed by atoms with van der Waals surface area (Å²) in [4.78, 5) is 6.68. The predicted octanol–water partition coefficient (Wildman–Crippen LogP) is 1.41. The molecule has 1 atom stereocenters. The van der Waals surface area contributed by atoms with Crippen molar-refractivity contribution in [2.75, 3.05) is 13.1 Å². The molecule has 1 aromatic heterocycles. The highest BCUT2D eigenvalue weighted by Gasteiger charge is 2.31. The van der Waals surface area contributed by atoms with E-state index in [1.807, 2.05) is 13.8 Å². The maximum Gasteiger partial charge on any atom is 0.107 e. The number of nitrogens with zero attached hydrogens (tertiary/aromatic N) is 2. The second-order valence-corrected chi connectivity index (χ2v) is 5.28. The van der Waals surface area contributed by atoms with Gasteiger partial charge in [-0.25, -0.2) is 4.98 Å². The van der Waals surface area contributed by atoms with Crippen molar-refractivity contribution < 1.29 is 5.11 Å². The molecule has 0 amide bonds. The molecule has 1 fully saturated rings. The number of rotatable bonds is 2. The molecule has 0 bridgehead atoms. The lowest BCUT2D eigenvalue weighted by atomic mass is 10.1. The van der Waals surface area contributed by atoms with Gasteiger partial charge in [-0.3, -0.25) is 4.90 Å². The molecular formula is C10H16N2OS. The van der Waals surface area contributed by atoms with Gasteiger partial charge in [0.25, 0.3) is 0 Å². The number of hydrogen-bond acceptors (Lipinski definition) is 4. The number of thiazole rings is 1. The normalized spacial score (nSPS) is 28.5. The van der Waals surface area contributed by atoms with E-state index in [9.17, 15) is 5.11 Å². The Morgan fingerprint density at radius 1 is 1.71 bits per heavy atom. The Balaban J connectivity index is 1.94. The lowest BCUT2D eigenvalue weighted by molar-refractivity contribution is 0.0679. The van der Waals surface area contributed by atoms with E-state index in [1.54, 1.807) is 11.3 Å². The maximum absolute atomic E-state index is 9.79. The number of aryl methyl sites for hydroxylation is 1. The molecule has 2 rings (SSSR count). The molecule has 4 heteroatoms. The summed E-state index contributed by atoms with van der Waals surface area (Å²) in [5.41, 5.74) is 0.600. The van der Waals surface area contributed by atoms with Crippen molar-refractivity contribution in [3.8, 4) is 0 Å². The van der Waals surface area contributed by atoms with Crippen molar-refractivity contribution in [1.29, 1.82) is 0 Å². The smallest absolute Gasteiger partial charge is 0.107 e. The van der Waals surface area contributed by atoms with E-state index in [2.05, 4.69) is 15.3 Å². The van der Waals surface area contributed by atoms with Gasteiger partial charge in [0, 0.05) is 24.2 Å².